The Kier molecular flexibility index (Phi) is 1.75. The number of hydrogen-bond donors (Lipinski definition) is 1. The van der Waals surface area contributed by atoms with Gasteiger partial charge in [-0.2, -0.15) is 0 Å². The van der Waals surface area contributed by atoms with E-state index in [4.69, 9.17) is 0 Å². The van der Waals surface area contributed by atoms with E-state index in [2.05, 4.69) is 22.9 Å². The Morgan fingerprint density at radius 3 is 2.92 bits per heavy atom. The molecule has 0 bridgehead atoms. The average Bonchev–Trinajstić information content (AvgIpc) is 2.28. The fraction of sp³-hybridized carbons (Fsp3) is 0.111. The molecule has 1 aromatic heterocycles. The van der Waals surface area contributed by atoms with Crippen LogP contribution in [-0.4, -0.2) is 7.89 Å². The molecule has 0 amide bonds. The van der Waals surface area contributed by atoms with Crippen molar-refractivity contribution in [1.82, 2.24) is 2.78 Å². The molecular formula is C9H8INO. The first-order valence-corrected chi connectivity index (χ1v) is 4.62. The van der Waals surface area contributed by atoms with Gasteiger partial charge in [-0.25, -0.2) is 0 Å². The fourth-order valence-corrected chi connectivity index (χ4v) is 2.17. The molecule has 1 N–H and O–H groups in total. The molecule has 2 nitrogen and oxygen atoms in total. The van der Waals surface area contributed by atoms with Gasteiger partial charge in [0.05, 0.1) is 28.4 Å². The first-order chi connectivity index (χ1) is 5.68. The van der Waals surface area contributed by atoms with E-state index in [0.717, 1.165) is 10.9 Å². The lowest BCUT2D eigenvalue weighted by atomic mass is 10.2. The monoisotopic (exact) mass is 273 g/mol. The summed E-state index contributed by atoms with van der Waals surface area (Å²) in [5, 5.41) is 10.4. The predicted molar refractivity (Wildman–Crippen MR) is 57.8 cm³/mol. The van der Waals surface area contributed by atoms with Crippen LogP contribution in [0.1, 0.15) is 5.56 Å². The van der Waals surface area contributed by atoms with Gasteiger partial charge < -0.3 is 5.11 Å². The summed E-state index contributed by atoms with van der Waals surface area (Å²) in [4.78, 5) is 0. The van der Waals surface area contributed by atoms with E-state index in [1.54, 1.807) is 12.1 Å². The van der Waals surface area contributed by atoms with Crippen molar-refractivity contribution in [3.63, 3.8) is 0 Å². The summed E-state index contributed by atoms with van der Waals surface area (Å²) in [7, 11) is 0. The summed E-state index contributed by atoms with van der Waals surface area (Å²) in [6, 6.07) is 5.42. The van der Waals surface area contributed by atoms with Gasteiger partial charge in [-0.3, -0.25) is 2.78 Å². The number of hydrogen-bond acceptors (Lipinski definition) is 1. The van der Waals surface area contributed by atoms with Gasteiger partial charge in [0.25, 0.3) is 0 Å². The summed E-state index contributed by atoms with van der Waals surface area (Å²) in [6.45, 7) is 2.04. The van der Waals surface area contributed by atoms with Crippen molar-refractivity contribution in [2.45, 2.75) is 6.92 Å². The van der Waals surface area contributed by atoms with Crippen molar-refractivity contribution in [3.05, 3.63) is 30.0 Å². The number of rotatable bonds is 0. The molecule has 62 valence electrons. The van der Waals surface area contributed by atoms with E-state index in [9.17, 15) is 5.11 Å². The smallest absolute Gasteiger partial charge is 0.116 e. The molecule has 1 heterocycles. The van der Waals surface area contributed by atoms with Crippen LogP contribution in [0.15, 0.2) is 24.4 Å². The number of aromatic hydroxyl groups is 1. The summed E-state index contributed by atoms with van der Waals surface area (Å²) in [5.41, 5.74) is 2.33. The second kappa shape index (κ2) is 2.65. The second-order valence-electron chi connectivity index (χ2n) is 2.82. The van der Waals surface area contributed by atoms with Gasteiger partial charge in [0.15, 0.2) is 0 Å². The highest BCUT2D eigenvalue weighted by Gasteiger charge is 2.03. The lowest BCUT2D eigenvalue weighted by molar-refractivity contribution is 0.476. The number of phenols is 1. The third-order valence-electron chi connectivity index (χ3n) is 1.94. The number of fused-ring (bicyclic) bond motifs is 1. The van der Waals surface area contributed by atoms with Crippen LogP contribution in [0.3, 0.4) is 0 Å². The molecule has 0 aliphatic heterocycles. The Bertz CT molecular complexity index is 433. The van der Waals surface area contributed by atoms with Crippen LogP contribution < -0.4 is 0 Å². The van der Waals surface area contributed by atoms with Crippen molar-refractivity contribution in [2.24, 2.45) is 0 Å². The second-order valence-corrected chi connectivity index (χ2v) is 3.86. The van der Waals surface area contributed by atoms with Gasteiger partial charge >= 0.3 is 0 Å². The maximum Gasteiger partial charge on any atom is 0.116 e. The Labute approximate surface area is 84.3 Å². The highest BCUT2D eigenvalue weighted by molar-refractivity contribution is 14.1. The quantitative estimate of drug-likeness (QED) is 0.733. The molecule has 0 atom stereocenters. The van der Waals surface area contributed by atoms with Crippen molar-refractivity contribution in [3.8, 4) is 5.75 Å². The van der Waals surface area contributed by atoms with E-state index in [1.807, 2.05) is 22.0 Å². The van der Waals surface area contributed by atoms with Crippen LogP contribution >= 0.6 is 22.9 Å². The highest BCUT2D eigenvalue weighted by Crippen LogP contribution is 2.25. The summed E-state index contributed by atoms with van der Waals surface area (Å²) in [5.74, 6) is 0.327. The SMILES string of the molecule is Cc1cn(I)c2ccc(O)cc12. The Balaban J connectivity index is 2.90. The Morgan fingerprint density at radius 1 is 1.42 bits per heavy atom. The van der Waals surface area contributed by atoms with Crippen molar-refractivity contribution in [1.29, 1.82) is 0 Å². The summed E-state index contributed by atoms with van der Waals surface area (Å²) >= 11 is 2.23. The minimum Gasteiger partial charge on any atom is -0.508 e. The first-order valence-electron chi connectivity index (χ1n) is 3.65. The van der Waals surface area contributed by atoms with Crippen molar-refractivity contribution < 1.29 is 5.11 Å². The highest BCUT2D eigenvalue weighted by atomic mass is 127. The van der Waals surface area contributed by atoms with E-state index in [-0.39, 0.29) is 0 Å². The molecule has 0 aliphatic carbocycles. The molecule has 12 heavy (non-hydrogen) atoms. The van der Waals surface area contributed by atoms with Crippen LogP contribution in [0.4, 0.5) is 0 Å². The van der Waals surface area contributed by atoms with Gasteiger partial charge in [-0.05, 0) is 30.7 Å². The maximum absolute atomic E-state index is 9.25. The van der Waals surface area contributed by atoms with Crippen molar-refractivity contribution >= 4 is 33.8 Å². The number of nitrogens with zero attached hydrogens (tertiary/aromatic N) is 1. The van der Waals surface area contributed by atoms with Gasteiger partial charge in [0.2, 0.25) is 0 Å². The minimum atomic E-state index is 0.327. The normalized spacial score (nSPS) is 10.8. The van der Waals surface area contributed by atoms with E-state index in [1.165, 1.54) is 5.56 Å². The molecule has 2 rings (SSSR count). The zero-order chi connectivity index (χ0) is 8.72. The molecule has 0 saturated heterocycles. The predicted octanol–water partition coefficient (Wildman–Crippen LogP) is 2.85. The van der Waals surface area contributed by atoms with Crippen LogP contribution in [-0.2, 0) is 0 Å². The number of halogens is 1. The third kappa shape index (κ3) is 1.08. The number of phenolic OH excluding ortho intramolecular Hbond substituents is 1. The molecule has 0 unspecified atom stereocenters. The molecule has 0 saturated carbocycles. The summed E-state index contributed by atoms with van der Waals surface area (Å²) in [6.07, 6.45) is 2.05. The molecular weight excluding hydrogens is 265 g/mol. The molecule has 0 aliphatic rings. The van der Waals surface area contributed by atoms with Gasteiger partial charge in [-0.1, -0.05) is 0 Å². The molecule has 0 fully saturated rings. The topological polar surface area (TPSA) is 25.2 Å². The lowest BCUT2D eigenvalue weighted by Gasteiger charge is -1.94. The molecule has 3 heteroatoms. The molecule has 1 aromatic carbocycles. The van der Waals surface area contributed by atoms with Crippen LogP contribution in [0.25, 0.3) is 10.9 Å². The van der Waals surface area contributed by atoms with Gasteiger partial charge in [-0.15, -0.1) is 0 Å². The minimum absolute atomic E-state index is 0.327. The lowest BCUT2D eigenvalue weighted by Crippen LogP contribution is -1.73. The molecule has 0 radical (unpaired) electrons. The van der Waals surface area contributed by atoms with E-state index in [0.29, 0.717) is 5.75 Å². The largest absolute Gasteiger partial charge is 0.508 e. The van der Waals surface area contributed by atoms with Gasteiger partial charge in [0.1, 0.15) is 5.75 Å². The van der Waals surface area contributed by atoms with E-state index >= 15 is 0 Å². The zero-order valence-corrected chi connectivity index (χ0v) is 8.74. The Hall–Kier alpha value is -0.710. The molecule has 2 aromatic rings. The Morgan fingerprint density at radius 2 is 2.17 bits per heavy atom. The number of benzene rings is 1. The number of aryl methyl sites for hydroxylation is 1. The van der Waals surface area contributed by atoms with Crippen molar-refractivity contribution in [2.75, 3.05) is 0 Å². The standard InChI is InChI=1S/C9H8INO/c1-6-5-11(10)9-3-2-7(12)4-8(6)9/h2-5,12H,1H3. The van der Waals surface area contributed by atoms with Crippen LogP contribution in [0.5, 0.6) is 5.75 Å². The van der Waals surface area contributed by atoms with Gasteiger partial charge in [0, 0.05) is 11.6 Å². The average molecular weight is 273 g/mol. The van der Waals surface area contributed by atoms with Crippen LogP contribution in [0, 0.1) is 6.92 Å². The van der Waals surface area contributed by atoms with Crippen LogP contribution in [0.2, 0.25) is 0 Å². The third-order valence-corrected chi connectivity index (χ3v) is 2.74. The molecule has 0 spiro atoms. The number of aromatic nitrogens is 1. The summed E-state index contributed by atoms with van der Waals surface area (Å²) < 4.78 is 2.03. The maximum atomic E-state index is 9.25. The first kappa shape index (κ1) is 7.91. The fourth-order valence-electron chi connectivity index (χ4n) is 1.34. The van der Waals surface area contributed by atoms with E-state index < -0.39 is 0 Å². The zero-order valence-electron chi connectivity index (χ0n) is 6.58.